The van der Waals surface area contributed by atoms with Gasteiger partial charge in [0.2, 0.25) is 0 Å². The quantitative estimate of drug-likeness (QED) is 0.0614. The number of nitrogens with one attached hydrogen (secondary N) is 2. The van der Waals surface area contributed by atoms with Gasteiger partial charge in [0.1, 0.15) is 30.7 Å². The third kappa shape index (κ3) is 10.8. The number of phosphoric ester groups is 1. The molecule has 5 heterocycles. The van der Waals surface area contributed by atoms with E-state index in [4.69, 9.17) is 53.7 Å². The van der Waals surface area contributed by atoms with Crippen molar-refractivity contribution in [3.8, 4) is 12.1 Å². The average Bonchev–Trinajstić information content (AvgIpc) is 3.92. The number of nitriles is 2. The SMILES string of the molecule is C=CCOP(=O)(OCCC#N)OC1C(F)[C@H](n2cnc3c(NC(=O)c4ccccc4)ncnc32)O[C@@H]1COP(=S)(OCCC#N)OC1C(F)[C@@H](CO)O[C@H]1n1ccc(=O)[nH]c1=O. The van der Waals surface area contributed by atoms with Crippen molar-refractivity contribution in [1.29, 1.82) is 10.5 Å². The van der Waals surface area contributed by atoms with Gasteiger partial charge in [0.05, 0.1) is 64.3 Å². The number of aromatic nitrogens is 6. The Morgan fingerprint density at radius 2 is 1.69 bits per heavy atom. The minimum atomic E-state index is -4.73. The Bertz CT molecular complexity index is 2520. The lowest BCUT2D eigenvalue weighted by Gasteiger charge is -2.30. The highest BCUT2D eigenvalue weighted by Crippen LogP contribution is 2.57. The zero-order chi connectivity index (χ0) is 44.4. The van der Waals surface area contributed by atoms with Gasteiger partial charge in [-0.15, -0.1) is 6.58 Å². The van der Waals surface area contributed by atoms with E-state index in [1.165, 1.54) is 6.08 Å². The highest BCUT2D eigenvalue weighted by molar-refractivity contribution is 8.07. The van der Waals surface area contributed by atoms with E-state index in [2.05, 4.69) is 26.8 Å². The molecule has 62 heavy (non-hydrogen) atoms. The van der Waals surface area contributed by atoms with E-state index in [9.17, 15) is 29.3 Å². The molecule has 2 aliphatic heterocycles. The number of nitrogens with zero attached hydrogens (tertiary/aromatic N) is 7. The van der Waals surface area contributed by atoms with Crippen LogP contribution >= 0.6 is 14.5 Å². The number of aromatic amines is 1. The number of ether oxygens (including phenoxy) is 2. The molecule has 2 fully saturated rings. The number of anilines is 1. The number of hydrogen-bond donors (Lipinski definition) is 3. The van der Waals surface area contributed by atoms with E-state index in [0.717, 1.165) is 34.1 Å². The van der Waals surface area contributed by atoms with Crippen molar-refractivity contribution in [3.63, 3.8) is 0 Å². The molecule has 0 spiro atoms. The molecule has 0 radical (unpaired) electrons. The van der Waals surface area contributed by atoms with Gasteiger partial charge in [-0.3, -0.25) is 41.8 Å². The summed E-state index contributed by atoms with van der Waals surface area (Å²) in [6.45, 7) is -3.80. The van der Waals surface area contributed by atoms with Crippen molar-refractivity contribution < 1.29 is 59.9 Å². The van der Waals surface area contributed by atoms with E-state index in [1.54, 1.807) is 30.3 Å². The maximum atomic E-state index is 17.0. The number of carbonyl (C=O) groups excluding carboxylic acids is 1. The topological polar surface area (TPSA) is 286 Å². The first-order chi connectivity index (χ1) is 29.8. The Kier molecular flexibility index (Phi) is 15.7. The lowest BCUT2D eigenvalue weighted by Crippen LogP contribution is -2.38. The third-order valence-electron chi connectivity index (χ3n) is 8.91. The summed E-state index contributed by atoms with van der Waals surface area (Å²) < 4.78 is 94.2. The molecule has 27 heteroatoms. The van der Waals surface area contributed by atoms with Crippen molar-refractivity contribution in [2.45, 2.75) is 62.1 Å². The number of carbonyl (C=O) groups is 1. The van der Waals surface area contributed by atoms with E-state index < -0.39 is 114 Å². The summed E-state index contributed by atoms with van der Waals surface area (Å²) in [6.07, 6.45) is -10.8. The number of aliphatic hydroxyl groups is 1. The molecule has 0 aliphatic carbocycles. The Balaban J connectivity index is 1.32. The predicted octanol–water partition coefficient (Wildman–Crippen LogP) is 3.27. The van der Waals surface area contributed by atoms with Crippen LogP contribution in [0.4, 0.5) is 14.6 Å². The van der Waals surface area contributed by atoms with Crippen LogP contribution in [0.25, 0.3) is 11.2 Å². The van der Waals surface area contributed by atoms with E-state index in [1.807, 2.05) is 17.1 Å². The summed E-state index contributed by atoms with van der Waals surface area (Å²) in [6, 6.07) is 12.8. The fourth-order valence-electron chi connectivity index (χ4n) is 6.09. The van der Waals surface area contributed by atoms with Gasteiger partial charge in [0, 0.05) is 17.8 Å². The Morgan fingerprint density at radius 3 is 2.39 bits per heavy atom. The molecular weight excluding hydrogens is 886 g/mol. The van der Waals surface area contributed by atoms with Gasteiger partial charge < -0.3 is 28.9 Å². The number of hydrogen-bond acceptors (Lipinski definition) is 19. The first-order valence-electron chi connectivity index (χ1n) is 18.4. The van der Waals surface area contributed by atoms with Crippen LogP contribution < -0.4 is 16.6 Å². The van der Waals surface area contributed by atoms with Crippen LogP contribution in [-0.4, -0.2) is 110 Å². The number of H-pyrrole nitrogens is 1. The van der Waals surface area contributed by atoms with Gasteiger partial charge in [-0.25, -0.2) is 33.1 Å². The first-order valence-corrected chi connectivity index (χ1v) is 22.4. The zero-order valence-electron chi connectivity index (χ0n) is 32.1. The van der Waals surface area contributed by atoms with Gasteiger partial charge in [0.25, 0.3) is 11.5 Å². The van der Waals surface area contributed by atoms with Crippen molar-refractivity contribution in [2.75, 3.05) is 38.4 Å². The molecular formula is C35H37F2N9O13P2S. The second kappa shape index (κ2) is 20.9. The van der Waals surface area contributed by atoms with Crippen LogP contribution in [0.1, 0.15) is 35.7 Å². The number of rotatable bonds is 21. The molecule has 22 nitrogen and oxygen atoms in total. The summed E-state index contributed by atoms with van der Waals surface area (Å²) in [4.78, 5) is 52.1. The minimum absolute atomic E-state index is 0.0243. The van der Waals surface area contributed by atoms with Crippen LogP contribution in [0.15, 0.2) is 77.5 Å². The van der Waals surface area contributed by atoms with E-state index in [0.29, 0.717) is 5.56 Å². The lowest BCUT2D eigenvalue weighted by atomic mass is 10.1. The normalized spacial score (nSPS) is 25.4. The van der Waals surface area contributed by atoms with Gasteiger partial charge in [-0.1, -0.05) is 24.3 Å². The number of halogens is 2. The Morgan fingerprint density at radius 1 is 0.968 bits per heavy atom. The second-order valence-corrected chi connectivity index (χ2v) is 17.6. The summed E-state index contributed by atoms with van der Waals surface area (Å²) in [7, 11) is -4.73. The monoisotopic (exact) mass is 923 g/mol. The zero-order valence-corrected chi connectivity index (χ0v) is 34.7. The Labute approximate surface area is 354 Å². The van der Waals surface area contributed by atoms with E-state index in [-0.39, 0.29) is 29.8 Å². The summed E-state index contributed by atoms with van der Waals surface area (Å²) in [5.41, 5.74) is -1.50. The number of fused-ring (bicyclic) bond motifs is 1. The van der Waals surface area contributed by atoms with Gasteiger partial charge >= 0.3 is 20.2 Å². The number of alkyl halides is 2. The standard InChI is InChI=1S/C35H37F2N9O13P2S/c1-2-14-52-60(51,53-15-6-11-38)58-28-23(57-33(26(28)37)46-20-42-27-30(40-19-41-31(27)46)44-32(49)21-8-4-3-5-9-21)18-55-61(62,54-16-7-12-39)59-29-25(36)22(17-47)56-34(29)45-13-10-24(48)43-35(45)50/h2-5,8-10,13,19-20,22-23,25-26,28-29,33-34,47H,1,6-7,14-18H2,(H,43,48,50)(H,40,41,44,49)/t22-,23-,25?,26?,28?,29?,33-,34-,60?,61?/m1/s1. The summed E-state index contributed by atoms with van der Waals surface area (Å²) >= 11 is 5.64. The Hall–Kier alpha value is -4.98. The third-order valence-corrected chi connectivity index (χ3v) is 12.7. The van der Waals surface area contributed by atoms with Crippen LogP contribution in [-0.2, 0) is 53.0 Å². The highest BCUT2D eigenvalue weighted by atomic mass is 32.5. The number of amides is 1. The minimum Gasteiger partial charge on any atom is -0.394 e. The maximum Gasteiger partial charge on any atom is 0.475 e. The summed E-state index contributed by atoms with van der Waals surface area (Å²) in [5.74, 6) is -0.558. The average molecular weight is 924 g/mol. The molecule has 1 amide bonds. The number of phosphoric acid groups is 1. The van der Waals surface area contributed by atoms with Crippen LogP contribution in [0.5, 0.6) is 0 Å². The molecule has 0 bridgehead atoms. The second-order valence-electron chi connectivity index (χ2n) is 13.0. The van der Waals surface area contributed by atoms with E-state index >= 15 is 8.78 Å². The van der Waals surface area contributed by atoms with Crippen LogP contribution in [0.2, 0.25) is 0 Å². The molecule has 0 saturated carbocycles. The van der Waals surface area contributed by atoms with Gasteiger partial charge in [0.15, 0.2) is 41.8 Å². The number of benzene rings is 1. The smallest absolute Gasteiger partial charge is 0.394 e. The van der Waals surface area contributed by atoms with Crippen LogP contribution in [0, 0.1) is 22.7 Å². The molecule has 2 saturated heterocycles. The number of imidazole rings is 1. The lowest BCUT2D eigenvalue weighted by molar-refractivity contribution is -0.0598. The molecule has 1 aromatic carbocycles. The molecule has 2 aliphatic rings. The largest absolute Gasteiger partial charge is 0.475 e. The molecule has 6 rings (SSSR count). The van der Waals surface area contributed by atoms with Crippen LogP contribution in [0.3, 0.4) is 0 Å². The van der Waals surface area contributed by atoms with Gasteiger partial charge in [-0.2, -0.15) is 10.5 Å². The highest BCUT2D eigenvalue weighted by Gasteiger charge is 2.53. The summed E-state index contributed by atoms with van der Waals surface area (Å²) in [5, 5.41) is 30.8. The van der Waals surface area contributed by atoms with Gasteiger partial charge in [-0.05, 0) is 23.9 Å². The first kappa shape index (κ1) is 46.5. The fraction of sp³-hybridized carbons (Fsp3) is 0.429. The fourth-order valence-corrected chi connectivity index (χ4v) is 9.50. The number of aliphatic hydroxyl groups excluding tert-OH is 1. The molecule has 3 N–H and O–H groups in total. The maximum absolute atomic E-state index is 17.0. The molecule has 330 valence electrons. The molecule has 10 atom stereocenters. The van der Waals surface area contributed by atoms with Crippen molar-refractivity contribution >= 4 is 49.2 Å². The predicted molar refractivity (Wildman–Crippen MR) is 212 cm³/mol. The van der Waals surface area contributed by atoms with Crippen molar-refractivity contribution in [2.24, 2.45) is 0 Å². The molecule has 3 aromatic heterocycles. The van der Waals surface area contributed by atoms with Crippen molar-refractivity contribution in [3.05, 3.63) is 94.3 Å². The molecule has 6 unspecified atom stereocenters. The molecule has 4 aromatic rings. The van der Waals surface area contributed by atoms with Crippen molar-refractivity contribution in [1.82, 2.24) is 29.1 Å².